The van der Waals surface area contributed by atoms with E-state index in [0.29, 0.717) is 71.0 Å². The SMILES string of the molecule is CC(C)c1ccc(C(C)C)c(C(C)C)c1.CC(C)c1ccc(C(C)C)c(C(C)C)c1.CC(C)c1cccc(C(C)C)c1C(C)C.CC(C)c1cccc(C(C)C)c1C(C)C. The Morgan fingerprint density at radius 2 is 0.417 bits per heavy atom. The lowest BCUT2D eigenvalue weighted by Crippen LogP contribution is -2.04. The third-order valence-electron chi connectivity index (χ3n) is 12.0. The molecule has 0 heteroatoms. The van der Waals surface area contributed by atoms with E-state index in [1.807, 2.05) is 0 Å². The van der Waals surface area contributed by atoms with E-state index in [1.165, 1.54) is 55.6 Å². The van der Waals surface area contributed by atoms with E-state index >= 15 is 0 Å². The van der Waals surface area contributed by atoms with Crippen molar-refractivity contribution in [2.45, 2.75) is 237 Å². The second-order valence-electron chi connectivity index (χ2n) is 21.3. The number of hydrogen-bond acceptors (Lipinski definition) is 0. The van der Waals surface area contributed by atoms with Crippen molar-refractivity contribution in [3.8, 4) is 0 Å². The summed E-state index contributed by atoms with van der Waals surface area (Å²) in [6, 6.07) is 27.5. The Balaban J connectivity index is 0.000000400. The van der Waals surface area contributed by atoms with Crippen molar-refractivity contribution < 1.29 is 0 Å². The predicted octanol–water partition coefficient (Wildman–Crippen LogP) is 20.2. The van der Waals surface area contributed by atoms with E-state index in [9.17, 15) is 0 Å². The molecule has 0 bridgehead atoms. The molecule has 0 heterocycles. The molecule has 0 aliphatic carbocycles. The topological polar surface area (TPSA) is 0 Å². The minimum absolute atomic E-state index is 0.626. The molecule has 0 radical (unpaired) electrons. The monoisotopic (exact) mass is 817 g/mol. The van der Waals surface area contributed by atoms with Crippen molar-refractivity contribution in [1.29, 1.82) is 0 Å². The first-order valence-corrected chi connectivity index (χ1v) is 24.3. The second kappa shape index (κ2) is 25.7. The van der Waals surface area contributed by atoms with Gasteiger partial charge in [-0.1, -0.05) is 239 Å². The molecule has 60 heavy (non-hydrogen) atoms. The molecule has 0 saturated heterocycles. The summed E-state index contributed by atoms with van der Waals surface area (Å²) in [5.41, 5.74) is 18.2. The van der Waals surface area contributed by atoms with Crippen LogP contribution in [0.1, 0.15) is 304 Å². The second-order valence-corrected chi connectivity index (χ2v) is 21.3. The van der Waals surface area contributed by atoms with Crippen LogP contribution in [0.3, 0.4) is 0 Å². The zero-order chi connectivity index (χ0) is 46.3. The molecule has 0 fully saturated rings. The molecule has 0 aliphatic rings. The fourth-order valence-corrected chi connectivity index (χ4v) is 8.51. The lowest BCUT2D eigenvalue weighted by Gasteiger charge is -2.22. The van der Waals surface area contributed by atoms with Crippen LogP contribution in [0.5, 0.6) is 0 Å². The van der Waals surface area contributed by atoms with Crippen LogP contribution < -0.4 is 0 Å². The van der Waals surface area contributed by atoms with Gasteiger partial charge in [0, 0.05) is 0 Å². The van der Waals surface area contributed by atoms with E-state index in [1.54, 1.807) is 11.1 Å². The zero-order valence-corrected chi connectivity index (χ0v) is 43.9. The van der Waals surface area contributed by atoms with Crippen molar-refractivity contribution in [3.63, 3.8) is 0 Å². The maximum absolute atomic E-state index is 2.39. The molecular formula is C60H96. The van der Waals surface area contributed by atoms with Crippen LogP contribution in [-0.2, 0) is 0 Å². The average Bonchev–Trinajstić information content (AvgIpc) is 3.17. The first-order chi connectivity index (χ1) is 27.8. The van der Waals surface area contributed by atoms with Crippen molar-refractivity contribution in [2.75, 3.05) is 0 Å². The first kappa shape index (κ1) is 54.9. The normalized spacial score (nSPS) is 11.8. The molecule has 0 saturated carbocycles. The summed E-state index contributed by atoms with van der Waals surface area (Å²) in [6.07, 6.45) is 0. The van der Waals surface area contributed by atoms with Gasteiger partial charge >= 0.3 is 0 Å². The maximum atomic E-state index is 2.39. The molecule has 336 valence electrons. The summed E-state index contributed by atoms with van der Waals surface area (Å²) in [6.45, 7) is 54.7. The summed E-state index contributed by atoms with van der Waals surface area (Å²) >= 11 is 0. The van der Waals surface area contributed by atoms with E-state index in [-0.39, 0.29) is 0 Å². The zero-order valence-electron chi connectivity index (χ0n) is 43.9. The number of benzene rings is 4. The molecule has 4 rings (SSSR count). The van der Waals surface area contributed by atoms with Crippen LogP contribution in [0.2, 0.25) is 0 Å². The van der Waals surface area contributed by atoms with E-state index in [2.05, 4.69) is 239 Å². The van der Waals surface area contributed by atoms with Gasteiger partial charge in [-0.2, -0.15) is 0 Å². The Hall–Kier alpha value is -3.12. The third-order valence-corrected chi connectivity index (χ3v) is 12.0. The van der Waals surface area contributed by atoms with Crippen LogP contribution in [0.4, 0.5) is 0 Å². The highest BCUT2D eigenvalue weighted by Crippen LogP contribution is 2.35. The summed E-state index contributed by atoms with van der Waals surface area (Å²) in [5.74, 6) is 7.52. The van der Waals surface area contributed by atoms with E-state index in [0.717, 1.165) is 0 Å². The lowest BCUT2D eigenvalue weighted by atomic mass is 9.83. The molecular weight excluding hydrogens is 721 g/mol. The van der Waals surface area contributed by atoms with Crippen LogP contribution in [0, 0.1) is 0 Å². The minimum Gasteiger partial charge on any atom is -0.0617 e. The molecule has 0 aromatic heterocycles. The van der Waals surface area contributed by atoms with E-state index < -0.39 is 0 Å². The standard InChI is InChI=1S/4C15H24/c2*1-10(2)13-7-8-14(11(3)4)15(9-13)12(5)6;2*1-10(2)13-8-7-9-14(11(3)4)15(13)12(5)6/h4*7-12H,1-6H3. The smallest absolute Gasteiger partial charge is 0.0213 e. The Labute approximate surface area is 375 Å². The Bertz CT molecular complexity index is 1610. The van der Waals surface area contributed by atoms with Crippen molar-refractivity contribution >= 4 is 0 Å². The van der Waals surface area contributed by atoms with Gasteiger partial charge in [0.1, 0.15) is 0 Å². The van der Waals surface area contributed by atoms with Gasteiger partial charge < -0.3 is 0 Å². The van der Waals surface area contributed by atoms with Gasteiger partial charge in [0.15, 0.2) is 0 Å². The quantitative estimate of drug-likeness (QED) is 0.134. The minimum atomic E-state index is 0.626. The molecule has 0 N–H and O–H groups in total. The third kappa shape index (κ3) is 16.3. The summed E-state index contributed by atoms with van der Waals surface area (Å²) in [7, 11) is 0. The molecule has 4 aromatic rings. The van der Waals surface area contributed by atoms with Gasteiger partial charge in [0.05, 0.1) is 0 Å². The number of hydrogen-bond donors (Lipinski definition) is 0. The van der Waals surface area contributed by atoms with Gasteiger partial charge in [0.25, 0.3) is 0 Å². The van der Waals surface area contributed by atoms with Gasteiger partial charge in [-0.3, -0.25) is 0 Å². The molecule has 0 aliphatic heterocycles. The molecule has 0 spiro atoms. The van der Waals surface area contributed by atoms with Crippen LogP contribution in [-0.4, -0.2) is 0 Å². The summed E-state index contributed by atoms with van der Waals surface area (Å²) in [5, 5.41) is 0. The highest BCUT2D eigenvalue weighted by molar-refractivity contribution is 5.42. The Morgan fingerprint density at radius 1 is 0.200 bits per heavy atom. The van der Waals surface area contributed by atoms with Gasteiger partial charge in [-0.25, -0.2) is 0 Å². The molecule has 0 unspecified atom stereocenters. The molecule has 0 amide bonds. The van der Waals surface area contributed by atoms with Crippen molar-refractivity contribution in [1.82, 2.24) is 0 Å². The highest BCUT2D eigenvalue weighted by atomic mass is 14.2. The lowest BCUT2D eigenvalue weighted by molar-refractivity contribution is 0.748. The van der Waals surface area contributed by atoms with Crippen LogP contribution in [0.25, 0.3) is 0 Å². The maximum Gasteiger partial charge on any atom is -0.0213 e. The molecule has 0 atom stereocenters. The van der Waals surface area contributed by atoms with Crippen LogP contribution >= 0.6 is 0 Å². The fraction of sp³-hybridized carbons (Fsp3) is 0.600. The van der Waals surface area contributed by atoms with Crippen LogP contribution in [0.15, 0.2) is 72.8 Å². The molecule has 0 nitrogen and oxygen atoms in total. The highest BCUT2D eigenvalue weighted by Gasteiger charge is 2.17. The van der Waals surface area contributed by atoms with E-state index in [4.69, 9.17) is 0 Å². The molecule has 4 aromatic carbocycles. The van der Waals surface area contributed by atoms with Gasteiger partial charge in [0.2, 0.25) is 0 Å². The van der Waals surface area contributed by atoms with Crippen molar-refractivity contribution in [2.24, 2.45) is 0 Å². The van der Waals surface area contributed by atoms with Crippen molar-refractivity contribution in [3.05, 3.63) is 140 Å². The Morgan fingerprint density at radius 3 is 0.583 bits per heavy atom. The fourth-order valence-electron chi connectivity index (χ4n) is 8.51. The average molecular weight is 817 g/mol. The first-order valence-electron chi connectivity index (χ1n) is 24.3. The summed E-state index contributed by atoms with van der Waals surface area (Å²) < 4.78 is 0. The van der Waals surface area contributed by atoms with Gasteiger partial charge in [-0.15, -0.1) is 0 Å². The number of rotatable bonds is 12. The Kier molecular flexibility index (Phi) is 23.5. The van der Waals surface area contributed by atoms with Gasteiger partial charge in [-0.05, 0) is 138 Å². The largest absolute Gasteiger partial charge is 0.0617 e. The predicted molar refractivity (Wildman–Crippen MR) is 275 cm³/mol. The summed E-state index contributed by atoms with van der Waals surface area (Å²) in [4.78, 5) is 0.